The zero-order valence-electron chi connectivity index (χ0n) is 12.5. The number of oxazole rings is 1. The summed E-state index contributed by atoms with van der Waals surface area (Å²) in [5, 5.41) is 5.10. The SMILES string of the molecule is CC1CCCCC1c1ncc(-c2ccc(S(N)(=O)=O)cc2)o1. The van der Waals surface area contributed by atoms with E-state index in [1.165, 1.54) is 31.4 Å². The van der Waals surface area contributed by atoms with Crippen molar-refractivity contribution in [1.29, 1.82) is 0 Å². The minimum absolute atomic E-state index is 0.0943. The molecule has 0 aliphatic heterocycles. The minimum atomic E-state index is -3.67. The van der Waals surface area contributed by atoms with Crippen molar-refractivity contribution < 1.29 is 12.8 Å². The first kappa shape index (κ1) is 15.2. The lowest BCUT2D eigenvalue weighted by Crippen LogP contribution is -2.14. The minimum Gasteiger partial charge on any atom is -0.440 e. The van der Waals surface area contributed by atoms with E-state index in [0.717, 1.165) is 17.9 Å². The van der Waals surface area contributed by atoms with Crippen molar-refractivity contribution in [2.75, 3.05) is 0 Å². The zero-order chi connectivity index (χ0) is 15.7. The van der Waals surface area contributed by atoms with Crippen LogP contribution in [0.3, 0.4) is 0 Å². The maximum Gasteiger partial charge on any atom is 0.238 e. The van der Waals surface area contributed by atoms with Gasteiger partial charge >= 0.3 is 0 Å². The molecule has 1 aliphatic rings. The van der Waals surface area contributed by atoms with E-state index in [9.17, 15) is 8.42 Å². The number of nitrogens with two attached hydrogens (primary N) is 1. The molecule has 2 atom stereocenters. The van der Waals surface area contributed by atoms with Gasteiger partial charge in [0.1, 0.15) is 0 Å². The Bertz CT molecular complexity index is 750. The van der Waals surface area contributed by atoms with E-state index in [1.807, 2.05) is 0 Å². The molecule has 0 saturated heterocycles. The van der Waals surface area contributed by atoms with Crippen LogP contribution in [0.4, 0.5) is 0 Å². The molecule has 1 aromatic heterocycles. The topological polar surface area (TPSA) is 86.2 Å². The Labute approximate surface area is 130 Å². The van der Waals surface area contributed by atoms with E-state index in [2.05, 4.69) is 11.9 Å². The molecule has 2 unspecified atom stereocenters. The quantitative estimate of drug-likeness (QED) is 0.940. The number of aromatic nitrogens is 1. The monoisotopic (exact) mass is 320 g/mol. The highest BCUT2D eigenvalue weighted by Crippen LogP contribution is 2.38. The standard InChI is InChI=1S/C16H20N2O3S/c1-11-4-2-3-5-14(11)16-18-10-15(21-16)12-6-8-13(9-7-12)22(17,19)20/h6-11,14H,2-5H2,1H3,(H2,17,19,20). The third kappa shape index (κ3) is 3.08. The van der Waals surface area contributed by atoms with Gasteiger partial charge in [-0.15, -0.1) is 0 Å². The van der Waals surface area contributed by atoms with E-state index in [-0.39, 0.29) is 4.90 Å². The van der Waals surface area contributed by atoms with E-state index < -0.39 is 10.0 Å². The summed E-state index contributed by atoms with van der Waals surface area (Å²) < 4.78 is 28.5. The largest absolute Gasteiger partial charge is 0.440 e. The molecule has 1 aromatic carbocycles. The number of hydrogen-bond donors (Lipinski definition) is 1. The average Bonchev–Trinajstić information content (AvgIpc) is 2.96. The fourth-order valence-corrected chi connectivity index (χ4v) is 3.60. The average molecular weight is 320 g/mol. The maximum absolute atomic E-state index is 11.3. The molecule has 5 nitrogen and oxygen atoms in total. The summed E-state index contributed by atoms with van der Waals surface area (Å²) in [5.74, 6) is 2.42. The van der Waals surface area contributed by atoms with Gasteiger partial charge in [0.25, 0.3) is 0 Å². The predicted molar refractivity (Wildman–Crippen MR) is 83.7 cm³/mol. The van der Waals surface area contributed by atoms with Gasteiger partial charge in [0.05, 0.1) is 11.1 Å². The number of primary sulfonamides is 1. The highest BCUT2D eigenvalue weighted by Gasteiger charge is 2.27. The summed E-state index contributed by atoms with van der Waals surface area (Å²) >= 11 is 0. The molecular weight excluding hydrogens is 300 g/mol. The van der Waals surface area contributed by atoms with Crippen LogP contribution in [0, 0.1) is 5.92 Å². The van der Waals surface area contributed by atoms with Crippen LogP contribution >= 0.6 is 0 Å². The van der Waals surface area contributed by atoms with Crippen molar-refractivity contribution in [2.24, 2.45) is 11.1 Å². The Morgan fingerprint density at radius 1 is 1.18 bits per heavy atom. The van der Waals surface area contributed by atoms with Gasteiger partial charge in [0, 0.05) is 11.5 Å². The number of nitrogens with zero attached hydrogens (tertiary/aromatic N) is 1. The predicted octanol–water partition coefficient (Wildman–Crippen LogP) is 3.28. The Hall–Kier alpha value is -1.66. The summed E-state index contributed by atoms with van der Waals surface area (Å²) in [6.07, 6.45) is 6.54. The first-order chi connectivity index (χ1) is 10.4. The van der Waals surface area contributed by atoms with Gasteiger partial charge in [-0.25, -0.2) is 18.5 Å². The Balaban J connectivity index is 1.84. The third-order valence-electron chi connectivity index (χ3n) is 4.42. The molecule has 0 spiro atoms. The fraction of sp³-hybridized carbons (Fsp3) is 0.438. The molecule has 1 heterocycles. The lowest BCUT2D eigenvalue weighted by Gasteiger charge is -2.25. The van der Waals surface area contributed by atoms with Gasteiger partial charge in [-0.3, -0.25) is 0 Å². The van der Waals surface area contributed by atoms with Crippen LogP contribution in [0.25, 0.3) is 11.3 Å². The van der Waals surface area contributed by atoms with Gasteiger partial charge < -0.3 is 4.42 Å². The van der Waals surface area contributed by atoms with Crippen LogP contribution in [0.1, 0.15) is 44.4 Å². The molecule has 3 rings (SSSR count). The first-order valence-corrected chi connectivity index (χ1v) is 9.09. The molecule has 22 heavy (non-hydrogen) atoms. The van der Waals surface area contributed by atoms with Gasteiger partial charge in [0.2, 0.25) is 10.0 Å². The Kier molecular flexibility index (Phi) is 4.06. The smallest absolute Gasteiger partial charge is 0.238 e. The van der Waals surface area contributed by atoms with Gasteiger partial charge in [-0.2, -0.15) is 0 Å². The van der Waals surface area contributed by atoms with Crippen molar-refractivity contribution in [1.82, 2.24) is 4.98 Å². The summed E-state index contributed by atoms with van der Waals surface area (Å²) in [6.45, 7) is 2.24. The van der Waals surface area contributed by atoms with Crippen molar-refractivity contribution in [3.63, 3.8) is 0 Å². The zero-order valence-corrected chi connectivity index (χ0v) is 13.3. The molecular formula is C16H20N2O3S. The van der Waals surface area contributed by atoms with Gasteiger partial charge in [0.15, 0.2) is 11.7 Å². The molecule has 6 heteroatoms. The Morgan fingerprint density at radius 3 is 2.50 bits per heavy atom. The van der Waals surface area contributed by atoms with E-state index in [0.29, 0.717) is 17.6 Å². The third-order valence-corrected chi connectivity index (χ3v) is 5.35. The molecule has 1 fully saturated rings. The molecule has 2 N–H and O–H groups in total. The van der Waals surface area contributed by atoms with E-state index in [1.54, 1.807) is 18.3 Å². The Morgan fingerprint density at radius 2 is 1.86 bits per heavy atom. The lowest BCUT2D eigenvalue weighted by molar-refractivity contribution is 0.284. The molecule has 0 radical (unpaired) electrons. The van der Waals surface area contributed by atoms with Crippen molar-refractivity contribution in [2.45, 2.75) is 43.4 Å². The van der Waals surface area contributed by atoms with Gasteiger partial charge in [-0.05, 0) is 43.0 Å². The highest BCUT2D eigenvalue weighted by atomic mass is 32.2. The van der Waals surface area contributed by atoms with Gasteiger partial charge in [-0.1, -0.05) is 19.8 Å². The van der Waals surface area contributed by atoms with Crippen LogP contribution in [0.15, 0.2) is 39.8 Å². The molecule has 118 valence electrons. The fourth-order valence-electron chi connectivity index (χ4n) is 3.08. The molecule has 2 aromatic rings. The van der Waals surface area contributed by atoms with Crippen LogP contribution in [0.5, 0.6) is 0 Å². The van der Waals surface area contributed by atoms with E-state index in [4.69, 9.17) is 9.56 Å². The van der Waals surface area contributed by atoms with Crippen molar-refractivity contribution >= 4 is 10.0 Å². The van der Waals surface area contributed by atoms with Crippen LogP contribution in [0.2, 0.25) is 0 Å². The van der Waals surface area contributed by atoms with Crippen molar-refractivity contribution in [3.8, 4) is 11.3 Å². The summed E-state index contributed by atoms with van der Waals surface area (Å²) in [4.78, 5) is 4.52. The molecule has 1 saturated carbocycles. The number of sulfonamides is 1. The van der Waals surface area contributed by atoms with E-state index >= 15 is 0 Å². The molecule has 0 amide bonds. The summed E-state index contributed by atoms with van der Waals surface area (Å²) in [6, 6.07) is 6.34. The normalized spacial score (nSPS) is 22.6. The lowest BCUT2D eigenvalue weighted by atomic mass is 9.80. The highest BCUT2D eigenvalue weighted by molar-refractivity contribution is 7.89. The number of rotatable bonds is 3. The second-order valence-electron chi connectivity index (χ2n) is 6.00. The van der Waals surface area contributed by atoms with Crippen molar-refractivity contribution in [3.05, 3.63) is 36.4 Å². The van der Waals surface area contributed by atoms with Crippen LogP contribution in [-0.4, -0.2) is 13.4 Å². The number of benzene rings is 1. The molecule has 1 aliphatic carbocycles. The summed E-state index contributed by atoms with van der Waals surface area (Å²) in [5.41, 5.74) is 0.801. The first-order valence-electron chi connectivity index (χ1n) is 7.54. The molecule has 0 bridgehead atoms. The number of hydrogen-bond acceptors (Lipinski definition) is 4. The second kappa shape index (κ2) is 5.85. The van der Waals surface area contributed by atoms with Crippen LogP contribution < -0.4 is 5.14 Å². The maximum atomic E-state index is 11.3. The van der Waals surface area contributed by atoms with Crippen LogP contribution in [-0.2, 0) is 10.0 Å². The second-order valence-corrected chi connectivity index (χ2v) is 7.56. The summed E-state index contributed by atoms with van der Waals surface area (Å²) in [7, 11) is -3.67.